The Bertz CT molecular complexity index is 199. The van der Waals surface area contributed by atoms with E-state index in [-0.39, 0.29) is 0 Å². The van der Waals surface area contributed by atoms with Gasteiger partial charge in [-0.15, -0.1) is 0 Å². The van der Waals surface area contributed by atoms with Crippen LogP contribution in [0, 0.1) is 0 Å². The summed E-state index contributed by atoms with van der Waals surface area (Å²) in [5, 5.41) is 13.6. The third kappa shape index (κ3) is 5.53. The molecule has 1 fully saturated rings. The Balaban J connectivity index is 2.26. The van der Waals surface area contributed by atoms with E-state index in [1.54, 1.807) is 11.8 Å². The van der Waals surface area contributed by atoms with Crippen LogP contribution in [0.4, 0.5) is 0 Å². The quantitative estimate of drug-likeness (QED) is 0.763. The number of likely N-dealkylation sites (tertiary alicyclic amines) is 1. The van der Waals surface area contributed by atoms with Gasteiger partial charge in [0.25, 0.3) is 0 Å². The molecule has 0 aliphatic carbocycles. The van der Waals surface area contributed by atoms with Gasteiger partial charge >= 0.3 is 0 Å². The van der Waals surface area contributed by atoms with E-state index in [1.165, 1.54) is 32.4 Å². The minimum atomic E-state index is -0.572. The minimum Gasteiger partial charge on any atom is -0.388 e. The molecule has 0 radical (unpaired) electrons. The van der Waals surface area contributed by atoms with Crippen molar-refractivity contribution in [1.29, 1.82) is 0 Å². The lowest BCUT2D eigenvalue weighted by atomic mass is 10.1. The summed E-state index contributed by atoms with van der Waals surface area (Å²) in [5.74, 6) is 0.798. The second kappa shape index (κ2) is 6.84. The standard InChI is InChI=1S/C12H26N2OS/c1-12(15,10-16-3)9-13-11-5-4-7-14(2)8-6-11/h11,13,15H,4-10H2,1-3H3. The Labute approximate surface area is 104 Å². The van der Waals surface area contributed by atoms with E-state index in [1.807, 2.05) is 13.2 Å². The van der Waals surface area contributed by atoms with Crippen LogP contribution in [0.2, 0.25) is 0 Å². The number of hydrogen-bond donors (Lipinski definition) is 2. The Morgan fingerprint density at radius 2 is 2.19 bits per heavy atom. The predicted octanol–water partition coefficient (Wildman–Crippen LogP) is 1.17. The highest BCUT2D eigenvalue weighted by molar-refractivity contribution is 7.98. The summed E-state index contributed by atoms with van der Waals surface area (Å²) in [7, 11) is 2.19. The molecule has 0 aromatic heterocycles. The Hall–Kier alpha value is 0.230. The fourth-order valence-electron chi connectivity index (χ4n) is 2.17. The van der Waals surface area contributed by atoms with Gasteiger partial charge in [0.2, 0.25) is 0 Å². The first-order valence-electron chi connectivity index (χ1n) is 6.17. The van der Waals surface area contributed by atoms with Gasteiger partial charge in [-0.2, -0.15) is 11.8 Å². The lowest BCUT2D eigenvalue weighted by Gasteiger charge is -2.26. The molecule has 0 aromatic rings. The van der Waals surface area contributed by atoms with Crippen molar-refractivity contribution in [2.75, 3.05) is 38.7 Å². The molecule has 1 rings (SSSR count). The highest BCUT2D eigenvalue weighted by Gasteiger charge is 2.22. The fourth-order valence-corrected chi connectivity index (χ4v) is 2.89. The van der Waals surface area contributed by atoms with Gasteiger partial charge in [-0.05, 0) is 52.6 Å². The number of rotatable bonds is 5. The average molecular weight is 246 g/mol. The summed E-state index contributed by atoms with van der Waals surface area (Å²) in [6.45, 7) is 5.00. The predicted molar refractivity (Wildman–Crippen MR) is 72.1 cm³/mol. The molecule has 0 spiro atoms. The maximum atomic E-state index is 10.1. The average Bonchev–Trinajstić information content (AvgIpc) is 2.40. The number of nitrogens with zero attached hydrogens (tertiary/aromatic N) is 1. The number of nitrogens with one attached hydrogen (secondary N) is 1. The third-order valence-electron chi connectivity index (χ3n) is 3.18. The molecule has 1 aliphatic rings. The molecule has 4 heteroatoms. The van der Waals surface area contributed by atoms with Crippen molar-refractivity contribution < 1.29 is 5.11 Å². The van der Waals surface area contributed by atoms with E-state index in [4.69, 9.17) is 0 Å². The van der Waals surface area contributed by atoms with Crippen LogP contribution in [-0.4, -0.2) is 60.3 Å². The molecule has 0 amide bonds. The van der Waals surface area contributed by atoms with Gasteiger partial charge < -0.3 is 15.3 Å². The van der Waals surface area contributed by atoms with Crippen molar-refractivity contribution >= 4 is 11.8 Å². The SMILES string of the molecule is CSCC(C)(O)CNC1CCCN(C)CC1. The number of hydrogen-bond acceptors (Lipinski definition) is 4. The van der Waals surface area contributed by atoms with Gasteiger partial charge in [0, 0.05) is 18.3 Å². The molecule has 2 atom stereocenters. The largest absolute Gasteiger partial charge is 0.388 e. The van der Waals surface area contributed by atoms with Crippen LogP contribution in [-0.2, 0) is 0 Å². The fraction of sp³-hybridized carbons (Fsp3) is 1.00. The van der Waals surface area contributed by atoms with E-state index in [9.17, 15) is 5.11 Å². The molecule has 1 aliphatic heterocycles. The number of aliphatic hydroxyl groups is 1. The minimum absolute atomic E-state index is 0.572. The molecule has 1 saturated heterocycles. The molecule has 16 heavy (non-hydrogen) atoms. The highest BCUT2D eigenvalue weighted by Crippen LogP contribution is 2.13. The Kier molecular flexibility index (Phi) is 6.11. The van der Waals surface area contributed by atoms with Crippen LogP contribution >= 0.6 is 11.8 Å². The van der Waals surface area contributed by atoms with Crippen LogP contribution in [0.15, 0.2) is 0 Å². The van der Waals surface area contributed by atoms with E-state index in [0.29, 0.717) is 12.6 Å². The molecule has 2 N–H and O–H groups in total. The molecular formula is C12H26N2OS. The summed E-state index contributed by atoms with van der Waals surface area (Å²) >= 11 is 1.70. The first-order chi connectivity index (χ1) is 7.53. The van der Waals surface area contributed by atoms with E-state index in [2.05, 4.69) is 17.3 Å². The summed E-state index contributed by atoms with van der Waals surface area (Å²) in [6, 6.07) is 0.582. The van der Waals surface area contributed by atoms with Gasteiger partial charge in [-0.3, -0.25) is 0 Å². The smallest absolute Gasteiger partial charge is 0.0833 e. The van der Waals surface area contributed by atoms with Crippen LogP contribution in [0.25, 0.3) is 0 Å². The third-order valence-corrected chi connectivity index (χ3v) is 4.09. The molecule has 96 valence electrons. The Morgan fingerprint density at radius 1 is 1.44 bits per heavy atom. The highest BCUT2D eigenvalue weighted by atomic mass is 32.2. The maximum Gasteiger partial charge on any atom is 0.0833 e. The van der Waals surface area contributed by atoms with Crippen LogP contribution in [0.1, 0.15) is 26.2 Å². The van der Waals surface area contributed by atoms with Crippen molar-refractivity contribution in [2.24, 2.45) is 0 Å². The molecule has 0 bridgehead atoms. The summed E-state index contributed by atoms with van der Waals surface area (Å²) in [4.78, 5) is 2.39. The maximum absolute atomic E-state index is 10.1. The molecule has 2 unspecified atom stereocenters. The first kappa shape index (κ1) is 14.3. The molecule has 3 nitrogen and oxygen atoms in total. The van der Waals surface area contributed by atoms with Crippen molar-refractivity contribution in [3.63, 3.8) is 0 Å². The lowest BCUT2D eigenvalue weighted by Crippen LogP contribution is -2.44. The first-order valence-corrected chi connectivity index (χ1v) is 7.56. The summed E-state index contributed by atoms with van der Waals surface area (Å²) in [5.41, 5.74) is -0.572. The topological polar surface area (TPSA) is 35.5 Å². The zero-order chi connectivity index (χ0) is 12.0. The second-order valence-electron chi connectivity index (χ2n) is 5.24. The second-order valence-corrected chi connectivity index (χ2v) is 6.11. The van der Waals surface area contributed by atoms with Gasteiger partial charge in [-0.1, -0.05) is 0 Å². The summed E-state index contributed by atoms with van der Waals surface area (Å²) in [6.07, 6.45) is 5.74. The van der Waals surface area contributed by atoms with Gasteiger partial charge in [-0.25, -0.2) is 0 Å². The van der Waals surface area contributed by atoms with Gasteiger partial charge in [0.15, 0.2) is 0 Å². The zero-order valence-electron chi connectivity index (χ0n) is 10.8. The van der Waals surface area contributed by atoms with E-state index >= 15 is 0 Å². The molecule has 0 aromatic carbocycles. The molecular weight excluding hydrogens is 220 g/mol. The van der Waals surface area contributed by atoms with Crippen molar-refractivity contribution in [3.05, 3.63) is 0 Å². The van der Waals surface area contributed by atoms with Crippen LogP contribution < -0.4 is 5.32 Å². The zero-order valence-corrected chi connectivity index (χ0v) is 11.6. The van der Waals surface area contributed by atoms with Crippen LogP contribution in [0.3, 0.4) is 0 Å². The van der Waals surface area contributed by atoms with Gasteiger partial charge in [0.1, 0.15) is 0 Å². The Morgan fingerprint density at radius 3 is 2.88 bits per heavy atom. The lowest BCUT2D eigenvalue weighted by molar-refractivity contribution is 0.0807. The normalized spacial score (nSPS) is 27.4. The van der Waals surface area contributed by atoms with Crippen molar-refractivity contribution in [2.45, 2.75) is 37.8 Å². The van der Waals surface area contributed by atoms with E-state index in [0.717, 1.165) is 5.75 Å². The van der Waals surface area contributed by atoms with Gasteiger partial charge in [0.05, 0.1) is 5.60 Å². The monoisotopic (exact) mass is 246 g/mol. The molecule has 0 saturated carbocycles. The van der Waals surface area contributed by atoms with E-state index < -0.39 is 5.60 Å². The summed E-state index contributed by atoms with van der Waals surface area (Å²) < 4.78 is 0. The van der Waals surface area contributed by atoms with Crippen molar-refractivity contribution in [3.8, 4) is 0 Å². The van der Waals surface area contributed by atoms with Crippen molar-refractivity contribution in [1.82, 2.24) is 10.2 Å². The number of thioether (sulfide) groups is 1. The van der Waals surface area contributed by atoms with Crippen LogP contribution in [0.5, 0.6) is 0 Å². The molecule has 1 heterocycles.